The molecule has 1 atom stereocenters. The summed E-state index contributed by atoms with van der Waals surface area (Å²) in [4.78, 5) is 0. The zero-order chi connectivity index (χ0) is 12.7. The van der Waals surface area contributed by atoms with Crippen LogP contribution in [0.5, 0.6) is 5.75 Å². The minimum atomic E-state index is 0.392. The highest BCUT2D eigenvalue weighted by atomic mass is 16.5. The van der Waals surface area contributed by atoms with Crippen molar-refractivity contribution < 1.29 is 4.74 Å². The number of para-hydroxylation sites is 1. The first kappa shape index (κ1) is 13.4. The van der Waals surface area contributed by atoms with Gasteiger partial charge in [0.1, 0.15) is 11.8 Å². The van der Waals surface area contributed by atoms with Gasteiger partial charge in [0.05, 0.1) is 18.4 Å². The minimum absolute atomic E-state index is 0.392. The number of nitrogens with zero attached hydrogens (tertiary/aromatic N) is 1. The fraction of sp³-hybridized carbons (Fsp3) is 0.500. The van der Waals surface area contributed by atoms with E-state index >= 15 is 0 Å². The third kappa shape index (κ3) is 3.39. The average Bonchev–Trinajstić information content (AvgIpc) is 2.38. The quantitative estimate of drug-likeness (QED) is 0.815. The molecule has 0 heterocycles. The molecule has 3 nitrogen and oxygen atoms in total. The summed E-state index contributed by atoms with van der Waals surface area (Å²) in [6.45, 7) is 4.31. The molecular formula is C14H20N2O. The molecule has 0 radical (unpaired) electrons. The number of ether oxygens (including phenoxy) is 1. The fourth-order valence-corrected chi connectivity index (χ4v) is 1.87. The van der Waals surface area contributed by atoms with Gasteiger partial charge in [-0.1, -0.05) is 26.3 Å². The summed E-state index contributed by atoms with van der Waals surface area (Å²) in [5.74, 6) is 0.735. The van der Waals surface area contributed by atoms with E-state index in [0.29, 0.717) is 11.6 Å². The maximum atomic E-state index is 9.11. The molecule has 1 rings (SSSR count). The summed E-state index contributed by atoms with van der Waals surface area (Å²) >= 11 is 0. The predicted molar refractivity (Wildman–Crippen MR) is 70.3 cm³/mol. The molecule has 1 aromatic rings. The van der Waals surface area contributed by atoms with Crippen LogP contribution in [0, 0.1) is 11.3 Å². The second kappa shape index (κ2) is 6.80. The first-order valence-corrected chi connectivity index (χ1v) is 6.10. The Morgan fingerprint density at radius 1 is 1.41 bits per heavy atom. The van der Waals surface area contributed by atoms with Gasteiger partial charge in [0, 0.05) is 6.04 Å². The van der Waals surface area contributed by atoms with Gasteiger partial charge in [-0.15, -0.1) is 0 Å². The van der Waals surface area contributed by atoms with Crippen molar-refractivity contribution in [1.82, 2.24) is 0 Å². The lowest BCUT2D eigenvalue weighted by atomic mass is 10.1. The van der Waals surface area contributed by atoms with E-state index in [4.69, 9.17) is 10.00 Å². The van der Waals surface area contributed by atoms with Crippen LogP contribution in [0.3, 0.4) is 0 Å². The summed E-state index contributed by atoms with van der Waals surface area (Å²) in [6.07, 6.45) is 3.26. The standard InChI is InChI=1S/C14H20N2O/c1-4-7-12(5-2)16-14-11(10-15)8-6-9-13(14)17-3/h6,8-9,12,16H,4-5,7H2,1-3H3. The van der Waals surface area contributed by atoms with Crippen LogP contribution in [-0.4, -0.2) is 13.2 Å². The number of nitrogens with one attached hydrogen (secondary N) is 1. The van der Waals surface area contributed by atoms with E-state index in [9.17, 15) is 0 Å². The lowest BCUT2D eigenvalue weighted by Crippen LogP contribution is -2.19. The Balaban J connectivity index is 2.98. The highest BCUT2D eigenvalue weighted by Crippen LogP contribution is 2.29. The molecule has 0 spiro atoms. The van der Waals surface area contributed by atoms with Crippen LogP contribution in [0.2, 0.25) is 0 Å². The number of anilines is 1. The minimum Gasteiger partial charge on any atom is -0.495 e. The van der Waals surface area contributed by atoms with Gasteiger partial charge in [0.15, 0.2) is 0 Å². The Morgan fingerprint density at radius 3 is 2.71 bits per heavy atom. The number of benzene rings is 1. The first-order chi connectivity index (χ1) is 8.26. The zero-order valence-electron chi connectivity index (χ0n) is 10.8. The van der Waals surface area contributed by atoms with Gasteiger partial charge in [0.25, 0.3) is 0 Å². The van der Waals surface area contributed by atoms with Crippen LogP contribution in [0.1, 0.15) is 38.7 Å². The topological polar surface area (TPSA) is 45.0 Å². The highest BCUT2D eigenvalue weighted by Gasteiger charge is 2.12. The molecule has 0 aliphatic carbocycles. The van der Waals surface area contributed by atoms with Crippen molar-refractivity contribution in [1.29, 1.82) is 5.26 Å². The lowest BCUT2D eigenvalue weighted by molar-refractivity contribution is 0.415. The maximum absolute atomic E-state index is 9.11. The van der Waals surface area contributed by atoms with Crippen LogP contribution in [0.4, 0.5) is 5.69 Å². The zero-order valence-corrected chi connectivity index (χ0v) is 10.8. The third-order valence-electron chi connectivity index (χ3n) is 2.84. The Kier molecular flexibility index (Phi) is 5.35. The second-order valence-electron chi connectivity index (χ2n) is 4.03. The Labute approximate surface area is 103 Å². The summed E-state index contributed by atoms with van der Waals surface area (Å²) in [5.41, 5.74) is 1.46. The maximum Gasteiger partial charge on any atom is 0.143 e. The smallest absolute Gasteiger partial charge is 0.143 e. The SMILES string of the molecule is CCCC(CC)Nc1c(C#N)cccc1OC. The summed E-state index contributed by atoms with van der Waals surface area (Å²) in [7, 11) is 1.63. The van der Waals surface area contributed by atoms with Crippen LogP contribution in [0.25, 0.3) is 0 Å². The van der Waals surface area contributed by atoms with E-state index in [1.807, 2.05) is 18.2 Å². The average molecular weight is 232 g/mol. The molecule has 0 aromatic heterocycles. The summed E-state index contributed by atoms with van der Waals surface area (Å²) < 4.78 is 5.30. The third-order valence-corrected chi connectivity index (χ3v) is 2.84. The van der Waals surface area contributed by atoms with E-state index in [2.05, 4.69) is 25.2 Å². The van der Waals surface area contributed by atoms with Crippen LogP contribution in [-0.2, 0) is 0 Å². The molecule has 0 saturated heterocycles. The van der Waals surface area contributed by atoms with Gasteiger partial charge < -0.3 is 10.1 Å². The van der Waals surface area contributed by atoms with E-state index < -0.39 is 0 Å². The van der Waals surface area contributed by atoms with Crippen molar-refractivity contribution >= 4 is 5.69 Å². The molecule has 1 N–H and O–H groups in total. The van der Waals surface area contributed by atoms with Crippen molar-refractivity contribution in [2.75, 3.05) is 12.4 Å². The van der Waals surface area contributed by atoms with Gasteiger partial charge in [-0.3, -0.25) is 0 Å². The van der Waals surface area contributed by atoms with Crippen LogP contribution < -0.4 is 10.1 Å². The number of nitriles is 1. The second-order valence-corrected chi connectivity index (χ2v) is 4.03. The summed E-state index contributed by atoms with van der Waals surface area (Å²) in [6, 6.07) is 8.11. The van der Waals surface area contributed by atoms with E-state index in [1.165, 1.54) is 0 Å². The van der Waals surface area contributed by atoms with E-state index in [-0.39, 0.29) is 0 Å². The molecule has 3 heteroatoms. The Morgan fingerprint density at radius 2 is 2.18 bits per heavy atom. The number of methoxy groups -OCH3 is 1. The van der Waals surface area contributed by atoms with Gasteiger partial charge in [-0.25, -0.2) is 0 Å². The molecule has 17 heavy (non-hydrogen) atoms. The largest absolute Gasteiger partial charge is 0.495 e. The van der Waals surface area contributed by atoms with Crippen LogP contribution >= 0.6 is 0 Å². The van der Waals surface area contributed by atoms with Crippen molar-refractivity contribution in [3.63, 3.8) is 0 Å². The normalized spacial score (nSPS) is 11.6. The van der Waals surface area contributed by atoms with Crippen LogP contribution in [0.15, 0.2) is 18.2 Å². The van der Waals surface area contributed by atoms with E-state index in [1.54, 1.807) is 7.11 Å². The molecule has 0 saturated carbocycles. The highest BCUT2D eigenvalue weighted by molar-refractivity contribution is 5.66. The monoisotopic (exact) mass is 232 g/mol. The van der Waals surface area contributed by atoms with Gasteiger partial charge in [0.2, 0.25) is 0 Å². The van der Waals surface area contributed by atoms with E-state index in [0.717, 1.165) is 30.7 Å². The number of hydrogen-bond acceptors (Lipinski definition) is 3. The number of rotatable bonds is 6. The Hall–Kier alpha value is -1.69. The molecule has 1 aromatic carbocycles. The molecule has 0 amide bonds. The Bertz CT molecular complexity index is 396. The van der Waals surface area contributed by atoms with Crippen molar-refractivity contribution in [2.45, 2.75) is 39.2 Å². The van der Waals surface area contributed by atoms with Crippen molar-refractivity contribution in [3.8, 4) is 11.8 Å². The summed E-state index contributed by atoms with van der Waals surface area (Å²) in [5, 5.41) is 12.5. The molecule has 0 aliphatic heterocycles. The first-order valence-electron chi connectivity index (χ1n) is 6.10. The molecule has 92 valence electrons. The number of hydrogen-bond donors (Lipinski definition) is 1. The molecular weight excluding hydrogens is 212 g/mol. The molecule has 0 bridgehead atoms. The lowest BCUT2D eigenvalue weighted by Gasteiger charge is -2.20. The molecule has 1 unspecified atom stereocenters. The molecule has 0 aliphatic rings. The predicted octanol–water partition coefficient (Wildman–Crippen LogP) is 3.56. The van der Waals surface area contributed by atoms with Gasteiger partial charge in [-0.05, 0) is 25.0 Å². The van der Waals surface area contributed by atoms with Gasteiger partial charge in [-0.2, -0.15) is 5.26 Å². The van der Waals surface area contributed by atoms with Gasteiger partial charge >= 0.3 is 0 Å². The molecule has 0 fully saturated rings. The fourth-order valence-electron chi connectivity index (χ4n) is 1.87. The van der Waals surface area contributed by atoms with Crippen molar-refractivity contribution in [3.05, 3.63) is 23.8 Å². The van der Waals surface area contributed by atoms with Crippen molar-refractivity contribution in [2.24, 2.45) is 0 Å².